The van der Waals surface area contributed by atoms with E-state index >= 15 is 0 Å². The third-order valence-electron chi connectivity index (χ3n) is 4.13. The van der Waals surface area contributed by atoms with Crippen molar-refractivity contribution in [2.75, 3.05) is 13.1 Å². The molecule has 21 heavy (non-hydrogen) atoms. The molecule has 3 nitrogen and oxygen atoms in total. The molecule has 0 aliphatic heterocycles. The number of hydrogen-bond acceptors (Lipinski definition) is 3. The van der Waals surface area contributed by atoms with E-state index in [0.29, 0.717) is 0 Å². The van der Waals surface area contributed by atoms with Crippen molar-refractivity contribution in [1.82, 2.24) is 10.2 Å². The van der Waals surface area contributed by atoms with Crippen molar-refractivity contribution in [3.8, 4) is 0 Å². The molecule has 3 heteroatoms. The summed E-state index contributed by atoms with van der Waals surface area (Å²) in [6.07, 6.45) is 4.33. The van der Waals surface area contributed by atoms with Gasteiger partial charge in [-0.15, -0.1) is 0 Å². The van der Waals surface area contributed by atoms with Crippen molar-refractivity contribution in [2.45, 2.75) is 73.0 Å². The summed E-state index contributed by atoms with van der Waals surface area (Å²) >= 11 is 0. The molecule has 0 atom stereocenters. The van der Waals surface area contributed by atoms with Crippen LogP contribution < -0.4 is 5.32 Å². The van der Waals surface area contributed by atoms with Gasteiger partial charge in [0, 0.05) is 24.2 Å². The maximum Gasteiger partial charge on any atom is 0.122 e. The van der Waals surface area contributed by atoms with Crippen molar-refractivity contribution in [2.24, 2.45) is 5.92 Å². The van der Waals surface area contributed by atoms with Gasteiger partial charge in [0.15, 0.2) is 0 Å². The van der Waals surface area contributed by atoms with E-state index in [0.717, 1.165) is 37.9 Å². The van der Waals surface area contributed by atoms with Gasteiger partial charge in [0.05, 0.1) is 12.8 Å². The summed E-state index contributed by atoms with van der Waals surface area (Å²) in [7, 11) is 0. The molecule has 1 rings (SSSR count). The van der Waals surface area contributed by atoms with Crippen LogP contribution in [0.25, 0.3) is 0 Å². The maximum absolute atomic E-state index is 5.73. The molecule has 0 aromatic carbocycles. The monoisotopic (exact) mass is 294 g/mol. The summed E-state index contributed by atoms with van der Waals surface area (Å²) in [5, 5.41) is 3.54. The Labute approximate surface area is 131 Å². The lowest BCUT2D eigenvalue weighted by atomic mass is 10.0. The number of nitrogens with zero attached hydrogens (tertiary/aromatic N) is 1. The Morgan fingerprint density at radius 3 is 2.38 bits per heavy atom. The summed E-state index contributed by atoms with van der Waals surface area (Å²) in [5.41, 5.74) is 1.42. The molecule has 1 aromatic rings. The average molecular weight is 294 g/mol. The first-order chi connectivity index (χ1) is 9.89. The Morgan fingerprint density at radius 1 is 1.19 bits per heavy atom. The van der Waals surface area contributed by atoms with Gasteiger partial charge in [-0.3, -0.25) is 4.90 Å². The molecule has 0 aliphatic rings. The molecule has 122 valence electrons. The van der Waals surface area contributed by atoms with Gasteiger partial charge in [0.1, 0.15) is 5.76 Å². The molecular weight excluding hydrogens is 260 g/mol. The zero-order valence-electron chi connectivity index (χ0n) is 14.8. The fourth-order valence-corrected chi connectivity index (χ4v) is 2.44. The van der Waals surface area contributed by atoms with E-state index < -0.39 is 0 Å². The summed E-state index contributed by atoms with van der Waals surface area (Å²) in [5.74, 6) is 1.90. The number of hydrogen-bond donors (Lipinski definition) is 1. The van der Waals surface area contributed by atoms with Crippen LogP contribution in [-0.2, 0) is 13.1 Å². The van der Waals surface area contributed by atoms with Crippen LogP contribution in [0.4, 0.5) is 0 Å². The van der Waals surface area contributed by atoms with Gasteiger partial charge in [0.2, 0.25) is 0 Å². The summed E-state index contributed by atoms with van der Waals surface area (Å²) in [4.78, 5) is 2.50. The van der Waals surface area contributed by atoms with E-state index in [2.05, 4.69) is 57.8 Å². The summed E-state index contributed by atoms with van der Waals surface area (Å²) in [6.45, 7) is 17.4. The quantitative estimate of drug-likeness (QED) is 0.730. The second kappa shape index (κ2) is 8.60. The predicted octanol–water partition coefficient (Wildman–Crippen LogP) is 4.43. The number of furan rings is 1. The van der Waals surface area contributed by atoms with E-state index in [9.17, 15) is 0 Å². The van der Waals surface area contributed by atoms with Gasteiger partial charge in [-0.1, -0.05) is 33.6 Å². The minimum atomic E-state index is 0.133. The molecule has 0 radical (unpaired) electrons. The van der Waals surface area contributed by atoms with Crippen LogP contribution in [0.1, 0.15) is 65.7 Å². The van der Waals surface area contributed by atoms with Crippen molar-refractivity contribution < 1.29 is 4.42 Å². The highest BCUT2D eigenvalue weighted by Crippen LogP contribution is 2.17. The predicted molar refractivity (Wildman–Crippen MR) is 90.3 cm³/mol. The Balaban J connectivity index is 2.62. The minimum absolute atomic E-state index is 0.133. The Bertz CT molecular complexity index is 388. The lowest BCUT2D eigenvalue weighted by Gasteiger charge is -2.25. The summed E-state index contributed by atoms with van der Waals surface area (Å²) in [6, 6.07) is 2.10. The molecule has 1 N–H and O–H groups in total. The highest BCUT2D eigenvalue weighted by atomic mass is 16.3. The molecule has 0 amide bonds. The second-order valence-electron chi connectivity index (χ2n) is 6.98. The van der Waals surface area contributed by atoms with Gasteiger partial charge in [-0.2, -0.15) is 0 Å². The van der Waals surface area contributed by atoms with Crippen LogP contribution in [0.3, 0.4) is 0 Å². The molecular formula is C18H34N2O. The number of nitrogens with one attached hydrogen (secondary N) is 1. The largest absolute Gasteiger partial charge is 0.468 e. The van der Waals surface area contributed by atoms with Gasteiger partial charge < -0.3 is 9.73 Å². The Hall–Kier alpha value is -0.800. The lowest BCUT2D eigenvalue weighted by Crippen LogP contribution is -2.35. The van der Waals surface area contributed by atoms with Crippen molar-refractivity contribution in [3.63, 3.8) is 0 Å². The zero-order chi connectivity index (χ0) is 15.9. The second-order valence-corrected chi connectivity index (χ2v) is 6.98. The first kappa shape index (κ1) is 18.2. The van der Waals surface area contributed by atoms with Crippen molar-refractivity contribution in [1.29, 1.82) is 0 Å². The van der Waals surface area contributed by atoms with Crippen LogP contribution in [0.5, 0.6) is 0 Å². The van der Waals surface area contributed by atoms with Gasteiger partial charge in [-0.05, 0) is 39.3 Å². The third kappa shape index (κ3) is 6.66. The van der Waals surface area contributed by atoms with Gasteiger partial charge >= 0.3 is 0 Å². The van der Waals surface area contributed by atoms with E-state index in [1.807, 2.05) is 6.26 Å². The zero-order valence-corrected chi connectivity index (χ0v) is 14.8. The topological polar surface area (TPSA) is 28.4 Å². The molecule has 0 fully saturated rings. The SMILES string of the molecule is CCC(CC)CN(CC)Cc1occc1CNC(C)(C)C. The van der Waals surface area contributed by atoms with E-state index in [-0.39, 0.29) is 5.54 Å². The van der Waals surface area contributed by atoms with Crippen LogP contribution >= 0.6 is 0 Å². The molecule has 1 aromatic heterocycles. The fourth-order valence-electron chi connectivity index (χ4n) is 2.44. The molecule has 0 saturated carbocycles. The smallest absolute Gasteiger partial charge is 0.122 e. The molecule has 0 saturated heterocycles. The summed E-state index contributed by atoms with van der Waals surface area (Å²) < 4.78 is 5.73. The molecule has 0 aliphatic carbocycles. The van der Waals surface area contributed by atoms with Crippen LogP contribution in [0.15, 0.2) is 16.7 Å². The van der Waals surface area contributed by atoms with Crippen LogP contribution in [0, 0.1) is 5.92 Å². The van der Waals surface area contributed by atoms with E-state index in [1.54, 1.807) is 0 Å². The highest BCUT2D eigenvalue weighted by Gasteiger charge is 2.16. The Kier molecular flexibility index (Phi) is 7.47. The normalized spacial score (nSPS) is 12.6. The standard InChI is InChI=1S/C18H34N2O/c1-7-15(8-2)13-20(9-3)14-17-16(10-11-21-17)12-19-18(4,5)6/h10-11,15,19H,7-9,12-14H2,1-6H3. The first-order valence-electron chi connectivity index (χ1n) is 8.42. The van der Waals surface area contributed by atoms with Crippen LogP contribution in [0.2, 0.25) is 0 Å². The molecule has 0 unspecified atom stereocenters. The van der Waals surface area contributed by atoms with Crippen LogP contribution in [-0.4, -0.2) is 23.5 Å². The van der Waals surface area contributed by atoms with Crippen molar-refractivity contribution >= 4 is 0 Å². The average Bonchev–Trinajstić information content (AvgIpc) is 2.87. The lowest BCUT2D eigenvalue weighted by molar-refractivity contribution is 0.209. The molecule has 0 spiro atoms. The fraction of sp³-hybridized carbons (Fsp3) is 0.778. The molecule has 1 heterocycles. The van der Waals surface area contributed by atoms with E-state index in [1.165, 1.54) is 18.4 Å². The van der Waals surface area contributed by atoms with Crippen molar-refractivity contribution in [3.05, 3.63) is 23.7 Å². The third-order valence-corrected chi connectivity index (χ3v) is 4.13. The van der Waals surface area contributed by atoms with Gasteiger partial charge in [-0.25, -0.2) is 0 Å². The van der Waals surface area contributed by atoms with Gasteiger partial charge in [0.25, 0.3) is 0 Å². The van der Waals surface area contributed by atoms with E-state index in [4.69, 9.17) is 4.42 Å². The Morgan fingerprint density at radius 2 is 1.86 bits per heavy atom. The number of rotatable bonds is 9. The first-order valence-corrected chi connectivity index (χ1v) is 8.42. The minimum Gasteiger partial charge on any atom is -0.468 e. The molecule has 0 bridgehead atoms. The maximum atomic E-state index is 5.73. The highest BCUT2D eigenvalue weighted by molar-refractivity contribution is 5.17.